The van der Waals surface area contributed by atoms with Gasteiger partial charge in [0.1, 0.15) is 5.75 Å². The van der Waals surface area contributed by atoms with E-state index in [0.717, 1.165) is 0 Å². The number of hydrogen-bond donors (Lipinski definition) is 0. The molecule has 0 aliphatic rings. The van der Waals surface area contributed by atoms with Crippen molar-refractivity contribution in [2.75, 3.05) is 0 Å². The van der Waals surface area contributed by atoms with Crippen LogP contribution < -0.4 is 10.3 Å². The van der Waals surface area contributed by atoms with Crippen LogP contribution in [-0.4, -0.2) is 4.98 Å². The van der Waals surface area contributed by atoms with Crippen LogP contribution in [0.15, 0.2) is 34.4 Å². The van der Waals surface area contributed by atoms with Gasteiger partial charge in [0.2, 0.25) is 0 Å². The molecule has 3 nitrogen and oxygen atoms in total. The Labute approximate surface area is 105 Å². The molecule has 0 saturated heterocycles. The molecular formula is C10H5Cl2NO2S. The summed E-state index contributed by atoms with van der Waals surface area (Å²) in [5, 5.41) is 2.75. The van der Waals surface area contributed by atoms with Crippen molar-refractivity contribution in [2.24, 2.45) is 0 Å². The van der Waals surface area contributed by atoms with E-state index in [0.29, 0.717) is 15.8 Å². The van der Waals surface area contributed by atoms with Crippen molar-refractivity contribution in [1.29, 1.82) is 0 Å². The van der Waals surface area contributed by atoms with Crippen LogP contribution in [0.5, 0.6) is 10.9 Å². The van der Waals surface area contributed by atoms with Gasteiger partial charge in [-0.1, -0.05) is 34.5 Å². The van der Waals surface area contributed by atoms with Crippen molar-refractivity contribution in [3.8, 4) is 10.9 Å². The average molecular weight is 274 g/mol. The predicted molar refractivity (Wildman–Crippen MR) is 64.9 cm³/mol. The monoisotopic (exact) mass is 273 g/mol. The minimum Gasteiger partial charge on any atom is -0.429 e. The molecule has 0 N–H and O–H groups in total. The summed E-state index contributed by atoms with van der Waals surface area (Å²) in [5.41, 5.74) is -0.348. The number of aromatic nitrogens is 1. The fourth-order valence-electron chi connectivity index (χ4n) is 1.00. The summed E-state index contributed by atoms with van der Waals surface area (Å²) in [6.45, 7) is 0. The first-order valence-corrected chi connectivity index (χ1v) is 5.87. The van der Waals surface area contributed by atoms with Crippen LogP contribution in [-0.2, 0) is 0 Å². The van der Waals surface area contributed by atoms with Crippen LogP contribution in [0, 0.1) is 0 Å². The maximum absolute atomic E-state index is 11.0. The third-order valence-electron chi connectivity index (χ3n) is 1.67. The summed E-state index contributed by atoms with van der Waals surface area (Å²) in [6.07, 6.45) is 0. The van der Waals surface area contributed by atoms with E-state index in [-0.39, 0.29) is 10.8 Å². The molecule has 16 heavy (non-hydrogen) atoms. The van der Waals surface area contributed by atoms with E-state index in [2.05, 4.69) is 4.98 Å². The molecule has 1 aromatic carbocycles. The second-order valence-electron chi connectivity index (χ2n) is 2.81. The van der Waals surface area contributed by atoms with Crippen molar-refractivity contribution in [1.82, 2.24) is 4.98 Å². The Hall–Kier alpha value is -1.10. The molecule has 1 heterocycles. The lowest BCUT2D eigenvalue weighted by atomic mass is 10.3. The average Bonchev–Trinajstić information content (AvgIpc) is 2.22. The second-order valence-corrected chi connectivity index (χ2v) is 4.51. The lowest BCUT2D eigenvalue weighted by Crippen LogP contribution is -2.02. The molecule has 0 aliphatic heterocycles. The van der Waals surface area contributed by atoms with Crippen LogP contribution in [0.1, 0.15) is 0 Å². The van der Waals surface area contributed by atoms with Gasteiger partial charge in [-0.05, 0) is 18.2 Å². The predicted octanol–water partition coefficient (Wildman–Crippen LogP) is 3.60. The summed E-state index contributed by atoms with van der Waals surface area (Å²) < 4.78 is 5.36. The van der Waals surface area contributed by atoms with Gasteiger partial charge in [0, 0.05) is 16.5 Å². The van der Waals surface area contributed by atoms with E-state index >= 15 is 0 Å². The molecule has 0 spiro atoms. The number of rotatable bonds is 2. The van der Waals surface area contributed by atoms with E-state index in [1.54, 1.807) is 23.6 Å². The van der Waals surface area contributed by atoms with Gasteiger partial charge < -0.3 is 4.74 Å². The minimum absolute atomic E-state index is 0.247. The molecule has 1 aromatic heterocycles. The molecular weight excluding hydrogens is 269 g/mol. The molecule has 82 valence electrons. The van der Waals surface area contributed by atoms with E-state index < -0.39 is 0 Å². The molecule has 2 rings (SSSR count). The SMILES string of the molecule is O=c1ccsc(Oc2ccc(Cl)cc2Cl)n1. The first kappa shape index (κ1) is 11.4. The Kier molecular flexibility index (Phi) is 3.43. The molecule has 2 aromatic rings. The topological polar surface area (TPSA) is 39.2 Å². The van der Waals surface area contributed by atoms with Gasteiger partial charge in [-0.15, -0.1) is 0 Å². The number of benzene rings is 1. The fraction of sp³-hybridized carbons (Fsp3) is 0. The Bertz CT molecular complexity index is 571. The van der Waals surface area contributed by atoms with E-state index in [1.807, 2.05) is 0 Å². The molecule has 0 unspecified atom stereocenters. The van der Waals surface area contributed by atoms with Crippen LogP contribution in [0.4, 0.5) is 0 Å². The largest absolute Gasteiger partial charge is 0.429 e. The van der Waals surface area contributed by atoms with Gasteiger partial charge in [-0.3, -0.25) is 4.79 Å². The molecule has 0 amide bonds. The van der Waals surface area contributed by atoms with Crippen molar-refractivity contribution in [3.05, 3.63) is 50.0 Å². The lowest BCUT2D eigenvalue weighted by molar-refractivity contribution is 0.476. The molecule has 6 heteroatoms. The van der Waals surface area contributed by atoms with Gasteiger partial charge in [0.05, 0.1) is 5.02 Å². The number of hydrogen-bond acceptors (Lipinski definition) is 4. The number of ether oxygens (including phenoxy) is 1. The first-order valence-electron chi connectivity index (χ1n) is 4.24. The van der Waals surface area contributed by atoms with Gasteiger partial charge in [-0.25, -0.2) is 0 Å². The molecule has 0 bridgehead atoms. The lowest BCUT2D eigenvalue weighted by Gasteiger charge is -2.04. The zero-order valence-corrected chi connectivity index (χ0v) is 10.1. The van der Waals surface area contributed by atoms with E-state index in [4.69, 9.17) is 27.9 Å². The molecule has 0 atom stereocenters. The standard InChI is InChI=1S/C10H5Cl2NO2S/c11-6-1-2-8(7(12)5-6)15-10-13-9(14)3-4-16-10/h1-5H. The third-order valence-corrected chi connectivity index (χ3v) is 2.85. The molecule has 0 fully saturated rings. The van der Waals surface area contributed by atoms with Crippen LogP contribution in [0.3, 0.4) is 0 Å². The molecule has 0 saturated carbocycles. The van der Waals surface area contributed by atoms with Crippen LogP contribution in [0.25, 0.3) is 0 Å². The van der Waals surface area contributed by atoms with E-state index in [1.165, 1.54) is 17.4 Å². The molecule has 0 radical (unpaired) electrons. The van der Waals surface area contributed by atoms with E-state index in [9.17, 15) is 4.79 Å². The van der Waals surface area contributed by atoms with Crippen molar-refractivity contribution in [3.63, 3.8) is 0 Å². The normalized spacial score (nSPS) is 10.1. The Morgan fingerprint density at radius 1 is 1.25 bits per heavy atom. The highest BCUT2D eigenvalue weighted by molar-refractivity contribution is 7.11. The maximum Gasteiger partial charge on any atom is 0.282 e. The third kappa shape index (κ3) is 2.72. The van der Waals surface area contributed by atoms with Crippen molar-refractivity contribution >= 4 is 34.5 Å². The maximum atomic E-state index is 11.0. The fourth-order valence-corrected chi connectivity index (χ4v) is 2.03. The van der Waals surface area contributed by atoms with Gasteiger partial charge in [-0.2, -0.15) is 4.98 Å². The molecule has 0 aliphatic carbocycles. The number of halogens is 2. The summed E-state index contributed by atoms with van der Waals surface area (Å²) in [5.74, 6) is 0.417. The Balaban J connectivity index is 2.30. The van der Waals surface area contributed by atoms with Crippen molar-refractivity contribution in [2.45, 2.75) is 0 Å². The highest BCUT2D eigenvalue weighted by atomic mass is 35.5. The Morgan fingerprint density at radius 2 is 2.06 bits per heavy atom. The van der Waals surface area contributed by atoms with Crippen LogP contribution >= 0.6 is 34.5 Å². The zero-order valence-electron chi connectivity index (χ0n) is 7.81. The van der Waals surface area contributed by atoms with Gasteiger partial charge in [0.15, 0.2) is 0 Å². The zero-order chi connectivity index (χ0) is 11.5. The summed E-state index contributed by atoms with van der Waals surface area (Å²) in [4.78, 5) is 14.7. The highest BCUT2D eigenvalue weighted by Crippen LogP contribution is 2.31. The number of nitrogens with zero attached hydrogens (tertiary/aromatic N) is 1. The smallest absolute Gasteiger partial charge is 0.282 e. The summed E-state index contributed by atoms with van der Waals surface area (Å²) in [7, 11) is 0. The second kappa shape index (κ2) is 4.82. The summed E-state index contributed by atoms with van der Waals surface area (Å²) in [6, 6.07) is 6.19. The quantitative estimate of drug-likeness (QED) is 0.839. The first-order chi connectivity index (χ1) is 7.65. The van der Waals surface area contributed by atoms with Gasteiger partial charge >= 0.3 is 0 Å². The highest BCUT2D eigenvalue weighted by Gasteiger charge is 2.05. The Morgan fingerprint density at radius 3 is 2.75 bits per heavy atom. The summed E-state index contributed by atoms with van der Waals surface area (Å²) >= 11 is 12.9. The van der Waals surface area contributed by atoms with Crippen LogP contribution in [0.2, 0.25) is 10.0 Å². The van der Waals surface area contributed by atoms with Crippen molar-refractivity contribution < 1.29 is 4.74 Å². The minimum atomic E-state index is -0.348. The van der Waals surface area contributed by atoms with Gasteiger partial charge in [0.25, 0.3) is 10.8 Å².